The number of nitrogens with two attached hydrogens (primary N) is 1. The summed E-state index contributed by atoms with van der Waals surface area (Å²) in [6.07, 6.45) is 0.482. The molecule has 1 aromatic heterocycles. The van der Waals surface area contributed by atoms with E-state index in [0.29, 0.717) is 17.0 Å². The molecule has 0 spiro atoms. The standard InChI is InChI=1S/C12H10ClFINS/c13-9-2-1-7(10(14)5-9)3-11(16)8-4-12(15)17-6-8/h1-2,4-6,11H,3,16H2. The van der Waals surface area contributed by atoms with Crippen LogP contribution >= 0.6 is 45.5 Å². The fourth-order valence-electron chi connectivity index (χ4n) is 1.56. The second kappa shape index (κ2) is 5.65. The van der Waals surface area contributed by atoms with Crippen molar-refractivity contribution in [1.82, 2.24) is 0 Å². The van der Waals surface area contributed by atoms with E-state index >= 15 is 0 Å². The number of thiophene rings is 1. The summed E-state index contributed by atoms with van der Waals surface area (Å²) in [6.45, 7) is 0. The van der Waals surface area contributed by atoms with Crippen molar-refractivity contribution in [3.63, 3.8) is 0 Å². The molecular formula is C12H10ClFINS. The molecule has 1 nitrogen and oxygen atoms in total. The van der Waals surface area contributed by atoms with Crippen molar-refractivity contribution in [3.8, 4) is 0 Å². The molecule has 1 aromatic carbocycles. The van der Waals surface area contributed by atoms with Crippen molar-refractivity contribution in [3.05, 3.63) is 54.5 Å². The van der Waals surface area contributed by atoms with Gasteiger partial charge < -0.3 is 5.73 Å². The van der Waals surface area contributed by atoms with Gasteiger partial charge in [0.25, 0.3) is 0 Å². The molecule has 0 saturated carbocycles. The predicted molar refractivity (Wildman–Crippen MR) is 79.1 cm³/mol. The van der Waals surface area contributed by atoms with Crippen LogP contribution in [0.15, 0.2) is 29.6 Å². The van der Waals surface area contributed by atoms with Gasteiger partial charge in [-0.3, -0.25) is 0 Å². The average Bonchev–Trinajstić information content (AvgIpc) is 2.69. The maximum absolute atomic E-state index is 13.6. The lowest BCUT2D eigenvalue weighted by Crippen LogP contribution is -2.13. The van der Waals surface area contributed by atoms with Crippen LogP contribution in [0.4, 0.5) is 4.39 Å². The van der Waals surface area contributed by atoms with E-state index in [4.69, 9.17) is 17.3 Å². The molecular weight excluding hydrogens is 372 g/mol. The van der Waals surface area contributed by atoms with Crippen LogP contribution in [0.25, 0.3) is 0 Å². The molecule has 0 radical (unpaired) electrons. The first-order chi connectivity index (χ1) is 8.06. The monoisotopic (exact) mass is 381 g/mol. The Labute approximate surface area is 122 Å². The van der Waals surface area contributed by atoms with Gasteiger partial charge in [-0.1, -0.05) is 17.7 Å². The molecule has 1 heterocycles. The fraction of sp³-hybridized carbons (Fsp3) is 0.167. The Morgan fingerprint density at radius 3 is 2.76 bits per heavy atom. The van der Waals surface area contributed by atoms with Crippen LogP contribution < -0.4 is 5.73 Å². The highest BCUT2D eigenvalue weighted by Crippen LogP contribution is 2.25. The highest BCUT2D eigenvalue weighted by atomic mass is 127. The summed E-state index contributed by atoms with van der Waals surface area (Å²) in [5.74, 6) is -0.294. The SMILES string of the molecule is NC(Cc1ccc(Cl)cc1F)c1csc(I)c1. The van der Waals surface area contributed by atoms with Crippen molar-refractivity contribution < 1.29 is 4.39 Å². The summed E-state index contributed by atoms with van der Waals surface area (Å²) in [5, 5.41) is 2.42. The van der Waals surface area contributed by atoms with Crippen LogP contribution in [0.5, 0.6) is 0 Å². The Morgan fingerprint density at radius 1 is 1.41 bits per heavy atom. The normalized spacial score (nSPS) is 12.7. The number of rotatable bonds is 3. The molecule has 1 atom stereocenters. The van der Waals surface area contributed by atoms with Gasteiger partial charge in [-0.15, -0.1) is 11.3 Å². The van der Waals surface area contributed by atoms with E-state index < -0.39 is 0 Å². The minimum atomic E-state index is -0.294. The maximum atomic E-state index is 13.6. The molecule has 0 amide bonds. The minimum Gasteiger partial charge on any atom is -0.324 e. The van der Waals surface area contributed by atoms with E-state index in [-0.39, 0.29) is 11.9 Å². The summed E-state index contributed by atoms with van der Waals surface area (Å²) in [6, 6.07) is 6.55. The van der Waals surface area contributed by atoms with Gasteiger partial charge in [0.15, 0.2) is 0 Å². The molecule has 17 heavy (non-hydrogen) atoms. The summed E-state index contributed by atoms with van der Waals surface area (Å²) in [4.78, 5) is 0. The highest BCUT2D eigenvalue weighted by molar-refractivity contribution is 14.1. The molecule has 0 aliphatic carbocycles. The molecule has 5 heteroatoms. The molecule has 0 fully saturated rings. The topological polar surface area (TPSA) is 26.0 Å². The number of halogens is 3. The summed E-state index contributed by atoms with van der Waals surface area (Å²) in [5.41, 5.74) is 7.70. The van der Waals surface area contributed by atoms with Crippen LogP contribution in [-0.4, -0.2) is 0 Å². The minimum absolute atomic E-state index is 0.176. The Hall–Kier alpha value is -0.170. The third kappa shape index (κ3) is 3.40. The lowest BCUT2D eigenvalue weighted by Gasteiger charge is -2.10. The molecule has 0 bridgehead atoms. The molecule has 2 rings (SSSR count). The summed E-state index contributed by atoms with van der Waals surface area (Å²) < 4.78 is 14.8. The van der Waals surface area contributed by atoms with E-state index in [0.717, 1.165) is 5.56 Å². The van der Waals surface area contributed by atoms with Gasteiger partial charge >= 0.3 is 0 Å². The molecule has 90 valence electrons. The first-order valence-electron chi connectivity index (χ1n) is 4.99. The van der Waals surface area contributed by atoms with E-state index in [1.165, 1.54) is 8.95 Å². The van der Waals surface area contributed by atoms with Gasteiger partial charge in [0.1, 0.15) is 5.82 Å². The van der Waals surface area contributed by atoms with Gasteiger partial charge in [-0.25, -0.2) is 4.39 Å². The van der Waals surface area contributed by atoms with E-state index in [1.54, 1.807) is 23.5 Å². The number of benzene rings is 1. The highest BCUT2D eigenvalue weighted by Gasteiger charge is 2.12. The van der Waals surface area contributed by atoms with E-state index in [9.17, 15) is 4.39 Å². The van der Waals surface area contributed by atoms with Gasteiger partial charge in [-0.2, -0.15) is 0 Å². The molecule has 0 saturated heterocycles. The van der Waals surface area contributed by atoms with E-state index in [1.807, 2.05) is 11.4 Å². The summed E-state index contributed by atoms with van der Waals surface area (Å²) in [7, 11) is 0. The van der Waals surface area contributed by atoms with Gasteiger partial charge in [0.2, 0.25) is 0 Å². The largest absolute Gasteiger partial charge is 0.324 e. The fourth-order valence-corrected chi connectivity index (χ4v) is 3.16. The zero-order valence-corrected chi connectivity index (χ0v) is 12.5. The summed E-state index contributed by atoms with van der Waals surface area (Å²) >= 11 is 9.59. The second-order valence-electron chi connectivity index (χ2n) is 3.73. The van der Waals surface area contributed by atoms with Gasteiger partial charge in [0.05, 0.1) is 2.88 Å². The number of hydrogen-bond acceptors (Lipinski definition) is 2. The zero-order chi connectivity index (χ0) is 12.4. The maximum Gasteiger partial charge on any atom is 0.127 e. The van der Waals surface area contributed by atoms with Crippen molar-refractivity contribution in [2.75, 3.05) is 0 Å². The van der Waals surface area contributed by atoms with Gasteiger partial charge in [0, 0.05) is 11.1 Å². The third-order valence-electron chi connectivity index (χ3n) is 2.47. The lowest BCUT2D eigenvalue weighted by atomic mass is 10.0. The quantitative estimate of drug-likeness (QED) is 0.784. The Kier molecular flexibility index (Phi) is 4.41. The Balaban J connectivity index is 2.15. The predicted octanol–water partition coefficient (Wildman–Crippen LogP) is 4.39. The molecule has 2 aromatic rings. The van der Waals surface area contributed by atoms with E-state index in [2.05, 4.69) is 22.6 Å². The Morgan fingerprint density at radius 2 is 2.18 bits per heavy atom. The van der Waals surface area contributed by atoms with Crippen molar-refractivity contribution in [2.45, 2.75) is 12.5 Å². The van der Waals surface area contributed by atoms with Gasteiger partial charge in [-0.05, 0) is 63.7 Å². The average molecular weight is 382 g/mol. The molecule has 1 unspecified atom stereocenters. The first kappa shape index (κ1) is 13.3. The van der Waals surface area contributed by atoms with Crippen LogP contribution in [-0.2, 0) is 6.42 Å². The first-order valence-corrected chi connectivity index (χ1v) is 7.33. The third-order valence-corrected chi connectivity index (χ3v) is 4.51. The lowest BCUT2D eigenvalue weighted by molar-refractivity contribution is 0.594. The van der Waals surface area contributed by atoms with Crippen molar-refractivity contribution in [2.24, 2.45) is 5.73 Å². The van der Waals surface area contributed by atoms with Crippen molar-refractivity contribution in [1.29, 1.82) is 0 Å². The van der Waals surface area contributed by atoms with Crippen molar-refractivity contribution >= 4 is 45.5 Å². The molecule has 2 N–H and O–H groups in total. The number of hydrogen-bond donors (Lipinski definition) is 1. The molecule has 0 aliphatic rings. The smallest absolute Gasteiger partial charge is 0.127 e. The second-order valence-corrected chi connectivity index (χ2v) is 6.97. The zero-order valence-electron chi connectivity index (χ0n) is 8.79. The van der Waals surface area contributed by atoms with Crippen LogP contribution in [0.3, 0.4) is 0 Å². The van der Waals surface area contributed by atoms with Crippen LogP contribution in [0, 0.1) is 8.70 Å². The Bertz CT molecular complexity index is 529. The molecule has 0 aliphatic heterocycles. The van der Waals surface area contributed by atoms with Crippen LogP contribution in [0.2, 0.25) is 5.02 Å². The van der Waals surface area contributed by atoms with Crippen LogP contribution in [0.1, 0.15) is 17.2 Å².